The lowest BCUT2D eigenvalue weighted by Crippen LogP contribution is -2.34. The van der Waals surface area contributed by atoms with E-state index in [1.807, 2.05) is 16.9 Å². The number of allylic oxidation sites excluding steroid dienone is 4. The van der Waals surface area contributed by atoms with Gasteiger partial charge in [0, 0.05) is 49.4 Å². The molecule has 1 aliphatic rings. The molecule has 0 bridgehead atoms. The highest BCUT2D eigenvalue weighted by atomic mass is 15.2. The van der Waals surface area contributed by atoms with Gasteiger partial charge in [0.05, 0.1) is 17.3 Å². The van der Waals surface area contributed by atoms with Crippen LogP contribution in [-0.4, -0.2) is 40.4 Å². The molecule has 192 valence electrons. The van der Waals surface area contributed by atoms with E-state index in [0.717, 1.165) is 80.6 Å². The van der Waals surface area contributed by atoms with Crippen LogP contribution in [0, 0.1) is 17.2 Å². The van der Waals surface area contributed by atoms with Crippen molar-refractivity contribution in [2.24, 2.45) is 10.9 Å². The second kappa shape index (κ2) is 13.0. The molecule has 1 saturated heterocycles. The molecule has 0 N–H and O–H groups in total. The van der Waals surface area contributed by atoms with Crippen LogP contribution < -0.4 is 4.90 Å². The van der Waals surface area contributed by atoms with E-state index < -0.39 is 0 Å². The maximum Gasteiger partial charge on any atom is 0.128 e. The molecule has 0 radical (unpaired) electrons. The van der Waals surface area contributed by atoms with Gasteiger partial charge in [-0.15, -0.1) is 0 Å². The Morgan fingerprint density at radius 2 is 2.03 bits per heavy atom. The number of aromatic nitrogens is 3. The Morgan fingerprint density at radius 3 is 2.70 bits per heavy atom. The van der Waals surface area contributed by atoms with Crippen LogP contribution in [0.3, 0.4) is 0 Å². The van der Waals surface area contributed by atoms with Crippen LogP contribution in [0.2, 0.25) is 0 Å². The van der Waals surface area contributed by atoms with E-state index in [9.17, 15) is 5.26 Å². The van der Waals surface area contributed by atoms with E-state index in [4.69, 9.17) is 4.98 Å². The van der Waals surface area contributed by atoms with Gasteiger partial charge in [0.1, 0.15) is 11.9 Å². The minimum atomic E-state index is 0.590. The van der Waals surface area contributed by atoms with Crippen molar-refractivity contribution in [2.75, 3.05) is 24.5 Å². The van der Waals surface area contributed by atoms with E-state index in [1.165, 1.54) is 11.1 Å². The molecule has 0 amide bonds. The summed E-state index contributed by atoms with van der Waals surface area (Å²) in [5.74, 6) is 1.69. The van der Waals surface area contributed by atoms with Crippen molar-refractivity contribution in [2.45, 2.75) is 59.3 Å². The highest BCUT2D eigenvalue weighted by Gasteiger charge is 2.21. The van der Waals surface area contributed by atoms with Crippen molar-refractivity contribution in [3.8, 4) is 17.2 Å². The number of aryl methyl sites for hydroxylation is 1. The molecule has 0 aromatic carbocycles. The molecule has 0 aliphatic carbocycles. The zero-order chi connectivity index (χ0) is 26.0. The second-order valence-electron chi connectivity index (χ2n) is 9.82. The Hall–Kier alpha value is -3.72. The lowest BCUT2D eigenvalue weighted by molar-refractivity contribution is 0.405. The minimum absolute atomic E-state index is 0.590. The van der Waals surface area contributed by atoms with Crippen LogP contribution in [0.4, 0.5) is 5.82 Å². The molecular formula is C31H38N6. The Morgan fingerprint density at radius 1 is 1.19 bits per heavy atom. The molecule has 1 aliphatic heterocycles. The summed E-state index contributed by atoms with van der Waals surface area (Å²) in [6.45, 7) is 9.30. The molecule has 37 heavy (non-hydrogen) atoms. The maximum absolute atomic E-state index is 9.62. The van der Waals surface area contributed by atoms with Gasteiger partial charge in [-0.2, -0.15) is 10.4 Å². The number of hydrogen-bond donors (Lipinski definition) is 0. The van der Waals surface area contributed by atoms with Gasteiger partial charge < -0.3 is 4.90 Å². The Bertz CT molecular complexity index is 1300. The van der Waals surface area contributed by atoms with Crippen LogP contribution in [0.5, 0.6) is 0 Å². The third-order valence-corrected chi connectivity index (χ3v) is 6.96. The van der Waals surface area contributed by atoms with Crippen LogP contribution in [-0.2, 0) is 6.42 Å². The number of aliphatic imine (C=N–C) groups is 1. The number of pyridine rings is 2. The van der Waals surface area contributed by atoms with E-state index in [2.05, 4.69) is 84.5 Å². The molecule has 0 spiro atoms. The average molecular weight is 495 g/mol. The van der Waals surface area contributed by atoms with Gasteiger partial charge in [0.25, 0.3) is 0 Å². The predicted molar refractivity (Wildman–Crippen MR) is 153 cm³/mol. The fourth-order valence-electron chi connectivity index (χ4n) is 5.03. The zero-order valence-corrected chi connectivity index (χ0v) is 22.4. The first kappa shape index (κ1) is 26.3. The number of hydrogen-bond acceptors (Lipinski definition) is 5. The fraction of sp³-hybridized carbons (Fsp3) is 0.419. The molecular weight excluding hydrogens is 456 g/mol. The van der Waals surface area contributed by atoms with Crippen LogP contribution >= 0.6 is 0 Å². The molecule has 3 aromatic rings. The summed E-state index contributed by atoms with van der Waals surface area (Å²) in [6.07, 6.45) is 20.6. The summed E-state index contributed by atoms with van der Waals surface area (Å²) in [6, 6.07) is 8.73. The van der Waals surface area contributed by atoms with Crippen LogP contribution in [0.25, 0.3) is 16.6 Å². The van der Waals surface area contributed by atoms with Crippen molar-refractivity contribution in [3.63, 3.8) is 0 Å². The Balaban J connectivity index is 1.46. The number of nitriles is 1. The van der Waals surface area contributed by atoms with Gasteiger partial charge in [0.2, 0.25) is 0 Å². The van der Waals surface area contributed by atoms with Crippen molar-refractivity contribution in [3.05, 3.63) is 71.7 Å². The molecule has 6 heteroatoms. The largest absolute Gasteiger partial charge is 0.357 e. The molecule has 3 aromatic heterocycles. The molecule has 4 rings (SSSR count). The lowest BCUT2D eigenvalue weighted by atomic mass is 9.90. The number of rotatable bonds is 10. The molecule has 4 heterocycles. The highest BCUT2D eigenvalue weighted by molar-refractivity contribution is 5.84. The van der Waals surface area contributed by atoms with Crippen molar-refractivity contribution in [1.82, 2.24) is 14.6 Å². The summed E-state index contributed by atoms with van der Waals surface area (Å²) in [5.41, 5.74) is 6.01. The second-order valence-corrected chi connectivity index (χ2v) is 9.82. The smallest absolute Gasteiger partial charge is 0.128 e. The Labute approximate surface area is 221 Å². The summed E-state index contributed by atoms with van der Waals surface area (Å²) in [4.78, 5) is 11.8. The third kappa shape index (κ3) is 6.54. The van der Waals surface area contributed by atoms with Gasteiger partial charge in [-0.1, -0.05) is 38.5 Å². The zero-order valence-electron chi connectivity index (χ0n) is 22.4. The molecule has 1 fully saturated rings. The normalized spacial score (nSPS) is 15.3. The average Bonchev–Trinajstić information content (AvgIpc) is 3.35. The monoisotopic (exact) mass is 494 g/mol. The van der Waals surface area contributed by atoms with Crippen LogP contribution in [0.1, 0.15) is 64.0 Å². The fourth-order valence-corrected chi connectivity index (χ4v) is 5.03. The van der Waals surface area contributed by atoms with Crippen molar-refractivity contribution < 1.29 is 0 Å². The Kier molecular flexibility index (Phi) is 9.26. The van der Waals surface area contributed by atoms with Gasteiger partial charge in [-0.25, -0.2) is 9.50 Å². The van der Waals surface area contributed by atoms with E-state index >= 15 is 0 Å². The SMILES string of the molecule is C/C=C/C=C(\C=NCCC)CC1CCN(c2ccc(-c3cc(CCC)cn4ncc(C#N)c34)cn2)CC1. The number of anilines is 1. The predicted octanol–water partition coefficient (Wildman–Crippen LogP) is 6.81. The quantitative estimate of drug-likeness (QED) is 0.229. The van der Waals surface area contributed by atoms with Gasteiger partial charge in [0.15, 0.2) is 0 Å². The van der Waals surface area contributed by atoms with Gasteiger partial charge in [-0.05, 0) is 74.3 Å². The number of fused-ring (bicyclic) bond motifs is 1. The number of nitrogens with zero attached hydrogens (tertiary/aromatic N) is 6. The lowest BCUT2D eigenvalue weighted by Gasteiger charge is -2.33. The standard InChI is InChI=1S/C31H38N6/c1-4-7-9-25(20-33-14-6-3)17-24-12-15-36(16-13-24)30-11-10-27(21-34-30)29-18-26(8-5-2)23-37-31(29)28(19-32)22-35-37/h4,7,9-11,18,20-24H,5-6,8,12-17H2,1-3H3/b7-4+,25-9-,33-20?. The van der Waals surface area contributed by atoms with Crippen molar-refractivity contribution >= 4 is 17.5 Å². The topological polar surface area (TPSA) is 69.6 Å². The van der Waals surface area contributed by atoms with Gasteiger partial charge in [-0.3, -0.25) is 4.99 Å². The first-order chi connectivity index (χ1) is 18.2. The minimum Gasteiger partial charge on any atom is -0.357 e. The van der Waals surface area contributed by atoms with E-state index in [1.54, 1.807) is 6.20 Å². The summed E-state index contributed by atoms with van der Waals surface area (Å²) >= 11 is 0. The summed E-state index contributed by atoms with van der Waals surface area (Å²) in [7, 11) is 0. The van der Waals surface area contributed by atoms with Gasteiger partial charge >= 0.3 is 0 Å². The maximum atomic E-state index is 9.62. The first-order valence-corrected chi connectivity index (χ1v) is 13.6. The first-order valence-electron chi connectivity index (χ1n) is 13.6. The van der Waals surface area contributed by atoms with Crippen LogP contribution in [0.15, 0.2) is 65.6 Å². The highest BCUT2D eigenvalue weighted by Crippen LogP contribution is 2.31. The number of piperidine rings is 1. The molecule has 0 saturated carbocycles. The third-order valence-electron chi connectivity index (χ3n) is 6.96. The summed E-state index contributed by atoms with van der Waals surface area (Å²) in [5, 5.41) is 14.0. The molecule has 0 unspecified atom stereocenters. The van der Waals surface area contributed by atoms with E-state index in [-0.39, 0.29) is 0 Å². The summed E-state index contributed by atoms with van der Waals surface area (Å²) < 4.78 is 1.84. The molecule has 0 atom stereocenters. The molecule has 6 nitrogen and oxygen atoms in total. The van der Waals surface area contributed by atoms with E-state index in [0.29, 0.717) is 11.5 Å². The van der Waals surface area contributed by atoms with Crippen molar-refractivity contribution in [1.29, 1.82) is 5.26 Å².